The summed E-state index contributed by atoms with van der Waals surface area (Å²) in [7, 11) is 0. The molecule has 0 saturated heterocycles. The first-order valence-electron chi connectivity index (χ1n) is 9.87. The van der Waals surface area contributed by atoms with Crippen molar-refractivity contribution in [3.63, 3.8) is 0 Å². The molecule has 0 spiro atoms. The lowest BCUT2D eigenvalue weighted by atomic mass is 10.1. The lowest BCUT2D eigenvalue weighted by Gasteiger charge is -2.28. The second-order valence-corrected chi connectivity index (χ2v) is 7.14. The lowest BCUT2D eigenvalue weighted by molar-refractivity contribution is -0.138. The minimum Gasteiger partial charge on any atom is -0.335 e. The Hall–Kier alpha value is -3.30. The van der Waals surface area contributed by atoms with Gasteiger partial charge in [-0.3, -0.25) is 4.79 Å². The number of aryl methyl sites for hydroxylation is 2. The SMILES string of the molecule is CCN(C(=O)c1nc(C)ccc1-n1cccn1)[C@@H](C)CCc1ncc(C(F)(F)F)cn1. The molecule has 0 aliphatic heterocycles. The van der Waals surface area contributed by atoms with Gasteiger partial charge in [0.15, 0.2) is 5.69 Å². The summed E-state index contributed by atoms with van der Waals surface area (Å²) in [5, 5.41) is 4.20. The first-order valence-corrected chi connectivity index (χ1v) is 9.87. The van der Waals surface area contributed by atoms with Crippen LogP contribution >= 0.6 is 0 Å². The molecule has 3 aromatic heterocycles. The topological polar surface area (TPSA) is 76.8 Å². The number of nitrogens with zero attached hydrogens (tertiary/aromatic N) is 6. The van der Waals surface area contributed by atoms with E-state index in [-0.39, 0.29) is 11.9 Å². The van der Waals surface area contributed by atoms with E-state index >= 15 is 0 Å². The van der Waals surface area contributed by atoms with Gasteiger partial charge in [0.1, 0.15) is 5.82 Å². The zero-order valence-electron chi connectivity index (χ0n) is 17.5. The zero-order chi connectivity index (χ0) is 22.6. The summed E-state index contributed by atoms with van der Waals surface area (Å²) in [6.07, 6.45) is 1.29. The molecule has 0 unspecified atom stereocenters. The highest BCUT2D eigenvalue weighted by Gasteiger charge is 2.31. The van der Waals surface area contributed by atoms with Crippen LogP contribution in [-0.4, -0.2) is 48.1 Å². The average Bonchev–Trinajstić information content (AvgIpc) is 3.27. The van der Waals surface area contributed by atoms with E-state index in [2.05, 4.69) is 20.1 Å². The quantitative estimate of drug-likeness (QED) is 0.567. The second-order valence-electron chi connectivity index (χ2n) is 7.14. The van der Waals surface area contributed by atoms with Crippen molar-refractivity contribution >= 4 is 5.91 Å². The Morgan fingerprint density at radius 3 is 2.52 bits per heavy atom. The second kappa shape index (κ2) is 9.23. The highest BCUT2D eigenvalue weighted by Crippen LogP contribution is 2.27. The molecule has 0 aliphatic rings. The van der Waals surface area contributed by atoms with E-state index in [1.54, 1.807) is 34.1 Å². The Kier molecular flexibility index (Phi) is 6.67. The monoisotopic (exact) mass is 432 g/mol. The van der Waals surface area contributed by atoms with E-state index in [1.807, 2.05) is 26.8 Å². The fourth-order valence-electron chi connectivity index (χ4n) is 3.22. The van der Waals surface area contributed by atoms with Crippen molar-refractivity contribution in [1.82, 2.24) is 29.6 Å². The first-order chi connectivity index (χ1) is 14.7. The van der Waals surface area contributed by atoms with Crippen molar-refractivity contribution in [2.24, 2.45) is 0 Å². The van der Waals surface area contributed by atoms with Crippen LogP contribution in [0.3, 0.4) is 0 Å². The lowest BCUT2D eigenvalue weighted by Crippen LogP contribution is -2.39. The molecule has 0 aromatic carbocycles. The van der Waals surface area contributed by atoms with E-state index in [0.29, 0.717) is 42.3 Å². The highest BCUT2D eigenvalue weighted by atomic mass is 19.4. The summed E-state index contributed by atoms with van der Waals surface area (Å²) in [4.78, 5) is 27.1. The summed E-state index contributed by atoms with van der Waals surface area (Å²) < 4.78 is 39.6. The van der Waals surface area contributed by atoms with Crippen LogP contribution in [0.15, 0.2) is 43.0 Å². The molecule has 0 N–H and O–H groups in total. The Bertz CT molecular complexity index is 1020. The highest BCUT2D eigenvalue weighted by molar-refractivity contribution is 5.96. The fourth-order valence-corrected chi connectivity index (χ4v) is 3.22. The molecule has 7 nitrogen and oxygen atoms in total. The minimum atomic E-state index is -4.47. The standard InChI is InChI=1S/C21H23F3N6O/c1-4-29(15(3)7-9-18-25-12-16(13-26-18)21(22,23)24)20(31)19-17(8-6-14(2)28-19)30-11-5-10-27-30/h5-6,8,10-13,15H,4,7,9H2,1-3H3/t15-/m0/s1. The summed E-state index contributed by atoms with van der Waals surface area (Å²) in [5.41, 5.74) is 0.702. The van der Waals surface area contributed by atoms with Crippen molar-refractivity contribution in [3.05, 3.63) is 65.8 Å². The molecule has 3 aromatic rings. The van der Waals surface area contributed by atoms with E-state index in [9.17, 15) is 18.0 Å². The number of aromatic nitrogens is 5. The largest absolute Gasteiger partial charge is 0.419 e. The Balaban J connectivity index is 1.74. The van der Waals surface area contributed by atoms with E-state index < -0.39 is 11.7 Å². The van der Waals surface area contributed by atoms with Gasteiger partial charge in [-0.2, -0.15) is 18.3 Å². The summed E-state index contributed by atoms with van der Waals surface area (Å²) in [6.45, 7) is 6.01. The number of halogens is 3. The van der Waals surface area contributed by atoms with Crippen molar-refractivity contribution in [1.29, 1.82) is 0 Å². The molecule has 164 valence electrons. The molecule has 3 rings (SSSR count). The molecule has 31 heavy (non-hydrogen) atoms. The van der Waals surface area contributed by atoms with Gasteiger partial charge in [0.05, 0.1) is 11.3 Å². The number of amides is 1. The van der Waals surface area contributed by atoms with Gasteiger partial charge < -0.3 is 4.90 Å². The molecule has 0 radical (unpaired) electrons. The van der Waals surface area contributed by atoms with E-state index in [1.165, 1.54) is 0 Å². The summed E-state index contributed by atoms with van der Waals surface area (Å²) in [6, 6.07) is 5.18. The number of hydrogen-bond donors (Lipinski definition) is 0. The van der Waals surface area contributed by atoms with Gasteiger partial charge >= 0.3 is 6.18 Å². The third-order valence-corrected chi connectivity index (χ3v) is 4.92. The smallest absolute Gasteiger partial charge is 0.335 e. The molecular weight excluding hydrogens is 409 g/mol. The molecule has 3 heterocycles. The number of pyridine rings is 1. The summed E-state index contributed by atoms with van der Waals surface area (Å²) >= 11 is 0. The first kappa shape index (κ1) is 22.4. The van der Waals surface area contributed by atoms with Gasteiger partial charge in [-0.05, 0) is 45.4 Å². The van der Waals surface area contributed by atoms with Crippen LogP contribution in [0.2, 0.25) is 0 Å². The van der Waals surface area contributed by atoms with Crippen molar-refractivity contribution in [2.75, 3.05) is 6.54 Å². The molecule has 0 fully saturated rings. The van der Waals surface area contributed by atoms with Crippen LogP contribution in [0.4, 0.5) is 13.2 Å². The molecule has 0 aliphatic carbocycles. The maximum absolute atomic E-state index is 13.3. The van der Waals surface area contributed by atoms with Crippen molar-refractivity contribution in [3.8, 4) is 5.69 Å². The van der Waals surface area contributed by atoms with E-state index in [0.717, 1.165) is 12.4 Å². The van der Waals surface area contributed by atoms with Crippen molar-refractivity contribution < 1.29 is 18.0 Å². The van der Waals surface area contributed by atoms with Gasteiger partial charge in [0.25, 0.3) is 5.91 Å². The number of hydrogen-bond acceptors (Lipinski definition) is 5. The fraction of sp³-hybridized carbons (Fsp3) is 0.381. The average molecular weight is 432 g/mol. The van der Waals surface area contributed by atoms with Gasteiger partial charge in [-0.15, -0.1) is 0 Å². The summed E-state index contributed by atoms with van der Waals surface area (Å²) in [5.74, 6) is 0.0619. The van der Waals surface area contributed by atoms with Crippen LogP contribution in [-0.2, 0) is 12.6 Å². The minimum absolute atomic E-state index is 0.198. The normalized spacial score (nSPS) is 12.6. The van der Waals surface area contributed by atoms with Gasteiger partial charge in [0, 0.05) is 49.5 Å². The molecule has 10 heteroatoms. The molecule has 1 atom stereocenters. The van der Waals surface area contributed by atoms with Crippen LogP contribution in [0, 0.1) is 6.92 Å². The number of carbonyl (C=O) groups is 1. The van der Waals surface area contributed by atoms with Gasteiger partial charge in [-0.25, -0.2) is 19.6 Å². The third kappa shape index (κ3) is 5.25. The number of carbonyl (C=O) groups excluding carboxylic acids is 1. The van der Waals surface area contributed by atoms with Gasteiger partial charge in [-0.1, -0.05) is 0 Å². The number of rotatable bonds is 7. The third-order valence-electron chi connectivity index (χ3n) is 4.92. The molecule has 1 amide bonds. The molecule has 0 saturated carbocycles. The Labute approximate surface area is 178 Å². The Morgan fingerprint density at radius 2 is 1.94 bits per heavy atom. The van der Waals surface area contributed by atoms with Crippen LogP contribution in [0.5, 0.6) is 0 Å². The maximum atomic E-state index is 13.3. The van der Waals surface area contributed by atoms with Crippen LogP contribution < -0.4 is 0 Å². The predicted octanol–water partition coefficient (Wildman–Crippen LogP) is 3.87. The van der Waals surface area contributed by atoms with E-state index in [4.69, 9.17) is 0 Å². The van der Waals surface area contributed by atoms with Gasteiger partial charge in [0.2, 0.25) is 0 Å². The van der Waals surface area contributed by atoms with Crippen LogP contribution in [0.25, 0.3) is 5.69 Å². The van der Waals surface area contributed by atoms with Crippen LogP contribution in [0.1, 0.15) is 47.8 Å². The number of alkyl halides is 3. The zero-order valence-corrected chi connectivity index (χ0v) is 17.5. The predicted molar refractivity (Wildman–Crippen MR) is 108 cm³/mol. The van der Waals surface area contributed by atoms with Crippen molar-refractivity contribution in [2.45, 2.75) is 45.8 Å². The Morgan fingerprint density at radius 1 is 1.23 bits per heavy atom. The maximum Gasteiger partial charge on any atom is 0.419 e. The molecular formula is C21H23F3N6O. The molecule has 0 bridgehead atoms.